The number of fused-ring (bicyclic) bond motifs is 1. The fraction of sp³-hybridized carbons (Fsp3) is 0.381. The predicted octanol–water partition coefficient (Wildman–Crippen LogP) is 3.92. The molecule has 148 valence electrons. The third kappa shape index (κ3) is 3.58. The monoisotopic (exact) mass is 390 g/mol. The van der Waals surface area contributed by atoms with Crippen LogP contribution in [0.2, 0.25) is 0 Å². The molecule has 1 fully saturated rings. The second-order valence-electron chi connectivity index (χ2n) is 7.87. The number of amides is 2. The van der Waals surface area contributed by atoms with Gasteiger partial charge in [-0.3, -0.25) is 0 Å². The van der Waals surface area contributed by atoms with Gasteiger partial charge in [0.15, 0.2) is 0 Å². The van der Waals surface area contributed by atoms with Crippen molar-refractivity contribution in [3.63, 3.8) is 0 Å². The third-order valence-electron chi connectivity index (χ3n) is 5.37. The van der Waals surface area contributed by atoms with Crippen LogP contribution in [0.15, 0.2) is 42.5 Å². The summed E-state index contributed by atoms with van der Waals surface area (Å²) in [5, 5.41) is 9.84. The maximum Gasteiger partial charge on any atom is 0.416 e. The lowest BCUT2D eigenvalue weighted by atomic mass is 9.94. The van der Waals surface area contributed by atoms with Crippen LogP contribution in [0.4, 0.5) is 18.0 Å². The van der Waals surface area contributed by atoms with E-state index in [1.165, 1.54) is 12.1 Å². The first kappa shape index (κ1) is 18.8. The Morgan fingerprint density at radius 3 is 2.25 bits per heavy atom. The van der Waals surface area contributed by atoms with Gasteiger partial charge < -0.3 is 14.9 Å². The molecule has 1 saturated heterocycles. The summed E-state index contributed by atoms with van der Waals surface area (Å²) in [6.07, 6.45) is -3.62. The number of benzene rings is 2. The number of urea groups is 1. The fourth-order valence-corrected chi connectivity index (χ4v) is 3.86. The van der Waals surface area contributed by atoms with Crippen LogP contribution < -0.4 is 0 Å². The summed E-state index contributed by atoms with van der Waals surface area (Å²) < 4.78 is 38.3. The molecule has 2 aromatic carbocycles. The molecule has 2 aliphatic rings. The van der Waals surface area contributed by atoms with Gasteiger partial charge in [0, 0.05) is 13.1 Å². The van der Waals surface area contributed by atoms with Gasteiger partial charge in [0.05, 0.1) is 24.3 Å². The first-order valence-electron chi connectivity index (χ1n) is 9.18. The molecular weight excluding hydrogens is 369 g/mol. The molecule has 0 spiro atoms. The van der Waals surface area contributed by atoms with Gasteiger partial charge in [0.2, 0.25) is 0 Å². The number of nitrogens with zero attached hydrogens (tertiary/aromatic N) is 2. The zero-order valence-corrected chi connectivity index (χ0v) is 15.5. The van der Waals surface area contributed by atoms with Crippen molar-refractivity contribution in [1.29, 1.82) is 0 Å². The zero-order valence-electron chi connectivity index (χ0n) is 15.5. The molecule has 0 saturated carbocycles. The van der Waals surface area contributed by atoms with Gasteiger partial charge >= 0.3 is 12.2 Å². The number of hydrogen-bond acceptors (Lipinski definition) is 2. The Morgan fingerprint density at radius 1 is 1.00 bits per heavy atom. The smallest absolute Gasteiger partial charge is 0.386 e. The summed E-state index contributed by atoms with van der Waals surface area (Å²) in [5.74, 6) is 0. The Balaban J connectivity index is 1.52. The van der Waals surface area contributed by atoms with Crippen molar-refractivity contribution in [2.75, 3.05) is 19.6 Å². The Kier molecular flexibility index (Phi) is 4.38. The minimum Gasteiger partial charge on any atom is -0.386 e. The second-order valence-corrected chi connectivity index (χ2v) is 7.87. The van der Waals surface area contributed by atoms with Crippen LogP contribution in [0.25, 0.3) is 11.1 Å². The molecule has 0 bridgehead atoms. The minimum absolute atomic E-state index is 0.0860. The molecule has 7 heteroatoms. The van der Waals surface area contributed by atoms with Crippen molar-refractivity contribution >= 4 is 6.03 Å². The number of rotatable bonds is 1. The van der Waals surface area contributed by atoms with Gasteiger partial charge in [-0.1, -0.05) is 24.3 Å². The Morgan fingerprint density at radius 2 is 1.64 bits per heavy atom. The van der Waals surface area contributed by atoms with Crippen LogP contribution in [-0.4, -0.2) is 46.2 Å². The highest BCUT2D eigenvalue weighted by atomic mass is 19.4. The van der Waals surface area contributed by atoms with E-state index in [-0.39, 0.29) is 6.03 Å². The van der Waals surface area contributed by atoms with E-state index in [0.717, 1.165) is 35.2 Å². The highest BCUT2D eigenvalue weighted by molar-refractivity contribution is 5.76. The van der Waals surface area contributed by atoms with E-state index in [4.69, 9.17) is 0 Å². The summed E-state index contributed by atoms with van der Waals surface area (Å²) >= 11 is 0. The molecule has 1 N–H and O–H groups in total. The molecule has 4 nitrogen and oxygen atoms in total. The number of alkyl halides is 3. The molecular formula is C21H21F3N2O2. The molecule has 0 atom stereocenters. The molecule has 2 aliphatic heterocycles. The molecule has 0 radical (unpaired) electrons. The zero-order chi connectivity index (χ0) is 20.1. The van der Waals surface area contributed by atoms with Crippen molar-refractivity contribution in [1.82, 2.24) is 9.80 Å². The summed E-state index contributed by atoms with van der Waals surface area (Å²) in [5.41, 5.74) is 2.21. The van der Waals surface area contributed by atoms with Crippen LogP contribution in [-0.2, 0) is 19.1 Å². The van der Waals surface area contributed by atoms with Crippen molar-refractivity contribution in [2.24, 2.45) is 0 Å². The first-order chi connectivity index (χ1) is 13.1. The van der Waals surface area contributed by atoms with E-state index in [0.29, 0.717) is 31.7 Å². The molecule has 2 amide bonds. The van der Waals surface area contributed by atoms with Gasteiger partial charge in [-0.2, -0.15) is 13.2 Å². The normalized spacial score (nSPS) is 18.5. The molecule has 0 unspecified atom stereocenters. The van der Waals surface area contributed by atoms with E-state index in [1.807, 2.05) is 18.2 Å². The maximum atomic E-state index is 12.8. The van der Waals surface area contributed by atoms with Crippen LogP contribution in [0.5, 0.6) is 0 Å². The van der Waals surface area contributed by atoms with E-state index in [1.54, 1.807) is 16.7 Å². The number of carbonyl (C=O) groups excluding carboxylic acids is 1. The second kappa shape index (κ2) is 6.51. The van der Waals surface area contributed by atoms with E-state index in [2.05, 4.69) is 0 Å². The van der Waals surface area contributed by atoms with E-state index >= 15 is 0 Å². The van der Waals surface area contributed by atoms with Gasteiger partial charge in [0.25, 0.3) is 0 Å². The summed E-state index contributed by atoms with van der Waals surface area (Å²) in [4.78, 5) is 16.0. The molecule has 28 heavy (non-hydrogen) atoms. The maximum absolute atomic E-state index is 12.8. The Hall–Kier alpha value is -2.54. The number of carbonyl (C=O) groups is 1. The van der Waals surface area contributed by atoms with Crippen molar-refractivity contribution in [3.05, 3.63) is 59.2 Å². The van der Waals surface area contributed by atoms with Crippen LogP contribution in [0, 0.1) is 0 Å². The average molecular weight is 390 g/mol. The lowest BCUT2D eigenvalue weighted by Crippen LogP contribution is -2.64. The van der Waals surface area contributed by atoms with Gasteiger partial charge in [-0.25, -0.2) is 4.79 Å². The lowest BCUT2D eigenvalue weighted by molar-refractivity contribution is -0.137. The van der Waals surface area contributed by atoms with Crippen LogP contribution in [0.3, 0.4) is 0 Å². The quantitative estimate of drug-likeness (QED) is 0.802. The SMILES string of the molecule is CC1(O)CN(C(=O)N2CCc3ccc(-c4ccc(C(F)(F)F)cc4)cc3C2)C1. The largest absolute Gasteiger partial charge is 0.416 e. The van der Waals surface area contributed by atoms with Gasteiger partial charge in [-0.05, 0) is 53.8 Å². The molecule has 2 heterocycles. The van der Waals surface area contributed by atoms with E-state index < -0.39 is 17.3 Å². The standard InChI is InChI=1S/C21H21F3N2O2/c1-20(28)12-26(13-20)19(27)25-9-8-15-2-3-16(10-17(15)11-25)14-4-6-18(7-5-14)21(22,23)24/h2-7,10,28H,8-9,11-13H2,1H3. The summed E-state index contributed by atoms with van der Waals surface area (Å²) in [6, 6.07) is 10.9. The topological polar surface area (TPSA) is 43.8 Å². The Bertz CT molecular complexity index is 899. The van der Waals surface area contributed by atoms with Crippen molar-refractivity contribution in [2.45, 2.75) is 31.7 Å². The molecule has 2 aromatic rings. The number of aliphatic hydroxyl groups is 1. The van der Waals surface area contributed by atoms with Crippen molar-refractivity contribution in [3.8, 4) is 11.1 Å². The number of likely N-dealkylation sites (tertiary alicyclic amines) is 1. The molecule has 4 rings (SSSR count). The number of β-amino-alcohol motifs (C(OH)–C–C–N with tert-alkyl or cyclic N) is 1. The van der Waals surface area contributed by atoms with E-state index in [9.17, 15) is 23.1 Å². The highest BCUT2D eigenvalue weighted by Crippen LogP contribution is 2.32. The summed E-state index contributed by atoms with van der Waals surface area (Å²) in [7, 11) is 0. The van der Waals surface area contributed by atoms with Gasteiger partial charge in [0.1, 0.15) is 0 Å². The molecule has 0 aromatic heterocycles. The highest BCUT2D eigenvalue weighted by Gasteiger charge is 2.41. The molecule has 0 aliphatic carbocycles. The van der Waals surface area contributed by atoms with Crippen LogP contribution in [0.1, 0.15) is 23.6 Å². The van der Waals surface area contributed by atoms with Gasteiger partial charge in [-0.15, -0.1) is 0 Å². The van der Waals surface area contributed by atoms with Crippen molar-refractivity contribution < 1.29 is 23.1 Å². The number of halogens is 3. The third-order valence-corrected chi connectivity index (χ3v) is 5.37. The average Bonchev–Trinajstić information content (AvgIpc) is 2.64. The minimum atomic E-state index is -4.35. The Labute approximate surface area is 161 Å². The first-order valence-corrected chi connectivity index (χ1v) is 9.18. The number of hydrogen-bond donors (Lipinski definition) is 1. The fourth-order valence-electron chi connectivity index (χ4n) is 3.86. The lowest BCUT2D eigenvalue weighted by Gasteiger charge is -2.46. The predicted molar refractivity (Wildman–Crippen MR) is 98.6 cm³/mol. The summed E-state index contributed by atoms with van der Waals surface area (Å²) in [6.45, 7) is 3.45. The van der Waals surface area contributed by atoms with Crippen LogP contribution >= 0.6 is 0 Å².